The van der Waals surface area contributed by atoms with Gasteiger partial charge in [0.2, 0.25) is 5.91 Å². The lowest BCUT2D eigenvalue weighted by Gasteiger charge is -2.51. The van der Waals surface area contributed by atoms with Gasteiger partial charge in [0.1, 0.15) is 0 Å². The quantitative estimate of drug-likeness (QED) is 0.269. The maximum atomic E-state index is 12.5. The molecule has 1 saturated heterocycles. The summed E-state index contributed by atoms with van der Waals surface area (Å²) in [6, 6.07) is 0. The van der Waals surface area contributed by atoms with Crippen LogP contribution in [0.3, 0.4) is 0 Å². The molecule has 0 spiro atoms. The summed E-state index contributed by atoms with van der Waals surface area (Å²) in [6.07, 6.45) is 2.05. The van der Waals surface area contributed by atoms with Crippen LogP contribution in [-0.2, 0) is 24.0 Å². The van der Waals surface area contributed by atoms with Gasteiger partial charge in [-0.15, -0.1) is 0 Å². The molecule has 1 amide bonds. The first-order valence-corrected chi connectivity index (χ1v) is 11.6. The van der Waals surface area contributed by atoms with Crippen molar-refractivity contribution in [2.24, 2.45) is 11.8 Å². The van der Waals surface area contributed by atoms with Crippen LogP contribution in [0, 0.1) is 11.8 Å². The van der Waals surface area contributed by atoms with Crippen LogP contribution in [0.25, 0.3) is 0 Å². The standard InChI is InChI=1S/C22H36N4O9/c1-23(2)21(35)15-3-5-16(6-4-15)22(26(11-19(31)32)12-20(33)34)13-24(9-17(27)28)7-8-25(14-22)10-18(29)30/h15-16H,3-14H2,1-2H3,(H,27,28)(H,29,30)(H,31,32)(H,33,34). The van der Waals surface area contributed by atoms with Crippen LogP contribution < -0.4 is 0 Å². The molecule has 0 unspecified atom stereocenters. The third-order valence-electron chi connectivity index (χ3n) is 7.00. The number of carbonyl (C=O) groups excluding carboxylic acids is 1. The van der Waals surface area contributed by atoms with Crippen LogP contribution in [0.1, 0.15) is 25.7 Å². The van der Waals surface area contributed by atoms with E-state index >= 15 is 0 Å². The fourth-order valence-corrected chi connectivity index (χ4v) is 5.57. The van der Waals surface area contributed by atoms with Gasteiger partial charge in [-0.3, -0.25) is 38.7 Å². The molecule has 0 radical (unpaired) electrons. The van der Waals surface area contributed by atoms with E-state index in [4.69, 9.17) is 0 Å². The van der Waals surface area contributed by atoms with Gasteiger partial charge in [-0.2, -0.15) is 0 Å². The maximum absolute atomic E-state index is 12.5. The molecule has 1 aliphatic carbocycles. The average Bonchev–Trinajstić information content (AvgIpc) is 2.91. The smallest absolute Gasteiger partial charge is 0.317 e. The van der Waals surface area contributed by atoms with E-state index in [9.17, 15) is 44.4 Å². The van der Waals surface area contributed by atoms with Crippen molar-refractivity contribution in [3.8, 4) is 0 Å². The second-order valence-electron chi connectivity index (χ2n) is 9.74. The first-order valence-electron chi connectivity index (χ1n) is 11.6. The van der Waals surface area contributed by atoms with E-state index in [1.54, 1.807) is 23.9 Å². The van der Waals surface area contributed by atoms with E-state index in [2.05, 4.69) is 0 Å². The number of carbonyl (C=O) groups is 5. The maximum Gasteiger partial charge on any atom is 0.317 e. The van der Waals surface area contributed by atoms with Gasteiger partial charge in [0, 0.05) is 46.2 Å². The lowest BCUT2D eigenvalue weighted by Crippen LogP contribution is -2.66. The first kappa shape index (κ1) is 28.5. The first-order chi connectivity index (χ1) is 16.3. The summed E-state index contributed by atoms with van der Waals surface area (Å²) in [5.41, 5.74) is -1.13. The number of nitrogens with zero attached hydrogens (tertiary/aromatic N) is 4. The molecule has 2 rings (SSSR count). The molecular formula is C22H36N4O9. The zero-order valence-electron chi connectivity index (χ0n) is 20.3. The third kappa shape index (κ3) is 7.87. The van der Waals surface area contributed by atoms with Gasteiger partial charge in [0.15, 0.2) is 0 Å². The summed E-state index contributed by atoms with van der Waals surface area (Å²) in [4.78, 5) is 65.3. The number of hydrogen-bond donors (Lipinski definition) is 4. The Morgan fingerprint density at radius 2 is 1.17 bits per heavy atom. The largest absolute Gasteiger partial charge is 0.480 e. The van der Waals surface area contributed by atoms with Crippen molar-refractivity contribution < 1.29 is 44.4 Å². The molecule has 0 aromatic heterocycles. The predicted molar refractivity (Wildman–Crippen MR) is 122 cm³/mol. The highest BCUT2D eigenvalue weighted by molar-refractivity contribution is 5.78. The fraction of sp³-hybridized carbons (Fsp3) is 0.773. The number of carboxylic acids is 4. The van der Waals surface area contributed by atoms with Crippen LogP contribution >= 0.6 is 0 Å². The molecule has 1 aliphatic heterocycles. The lowest BCUT2D eigenvalue weighted by atomic mass is 9.69. The Balaban J connectivity index is 2.52. The molecule has 198 valence electrons. The van der Waals surface area contributed by atoms with E-state index < -0.39 is 42.5 Å². The normalized spacial score (nSPS) is 23.4. The molecule has 2 fully saturated rings. The predicted octanol–water partition coefficient (Wildman–Crippen LogP) is -1.12. The molecule has 1 heterocycles. The number of hydrogen-bond acceptors (Lipinski definition) is 8. The summed E-state index contributed by atoms with van der Waals surface area (Å²) >= 11 is 0. The van der Waals surface area contributed by atoms with Crippen LogP contribution in [0.5, 0.6) is 0 Å². The minimum Gasteiger partial charge on any atom is -0.480 e. The Kier molecular flexibility index (Phi) is 9.98. The van der Waals surface area contributed by atoms with Gasteiger partial charge in [-0.05, 0) is 31.6 Å². The van der Waals surface area contributed by atoms with Crippen LogP contribution in [0.15, 0.2) is 0 Å². The van der Waals surface area contributed by atoms with Crippen molar-refractivity contribution in [2.75, 3.05) is 66.5 Å². The molecule has 4 N–H and O–H groups in total. The summed E-state index contributed by atoms with van der Waals surface area (Å²) in [5.74, 6) is -5.13. The second kappa shape index (κ2) is 12.3. The van der Waals surface area contributed by atoms with Crippen molar-refractivity contribution >= 4 is 29.8 Å². The van der Waals surface area contributed by atoms with Crippen molar-refractivity contribution in [3.05, 3.63) is 0 Å². The van der Waals surface area contributed by atoms with E-state index in [-0.39, 0.29) is 57.0 Å². The Hall–Kier alpha value is -2.77. The zero-order valence-corrected chi connectivity index (χ0v) is 20.3. The van der Waals surface area contributed by atoms with E-state index in [1.165, 1.54) is 9.80 Å². The summed E-state index contributed by atoms with van der Waals surface area (Å²) in [7, 11) is 3.35. The van der Waals surface area contributed by atoms with Crippen molar-refractivity contribution in [2.45, 2.75) is 31.2 Å². The molecule has 0 atom stereocenters. The van der Waals surface area contributed by atoms with Gasteiger partial charge in [-0.25, -0.2) is 0 Å². The van der Waals surface area contributed by atoms with Crippen LogP contribution in [0.4, 0.5) is 0 Å². The van der Waals surface area contributed by atoms with Crippen LogP contribution in [-0.4, -0.2) is 142 Å². The molecule has 0 bridgehead atoms. The van der Waals surface area contributed by atoms with E-state index in [0.717, 1.165) is 0 Å². The average molecular weight is 501 g/mol. The van der Waals surface area contributed by atoms with Crippen molar-refractivity contribution in [3.63, 3.8) is 0 Å². The Morgan fingerprint density at radius 1 is 0.743 bits per heavy atom. The molecule has 13 nitrogen and oxygen atoms in total. The minimum atomic E-state index is -1.24. The van der Waals surface area contributed by atoms with Crippen molar-refractivity contribution in [1.29, 1.82) is 0 Å². The Labute approximate surface area is 203 Å². The van der Waals surface area contributed by atoms with Crippen LogP contribution in [0.2, 0.25) is 0 Å². The summed E-state index contributed by atoms with van der Waals surface area (Å²) < 4.78 is 0. The molecule has 35 heavy (non-hydrogen) atoms. The number of aliphatic carboxylic acids is 4. The molecule has 0 aromatic carbocycles. The Morgan fingerprint density at radius 3 is 1.51 bits per heavy atom. The third-order valence-corrected chi connectivity index (χ3v) is 7.00. The van der Waals surface area contributed by atoms with Gasteiger partial charge < -0.3 is 25.3 Å². The van der Waals surface area contributed by atoms with Gasteiger partial charge in [-0.1, -0.05) is 0 Å². The van der Waals surface area contributed by atoms with Gasteiger partial charge in [0.05, 0.1) is 31.7 Å². The minimum absolute atomic E-state index is 0.00805. The topological polar surface area (TPSA) is 179 Å². The highest BCUT2D eigenvalue weighted by Crippen LogP contribution is 2.41. The molecule has 2 aliphatic rings. The van der Waals surface area contributed by atoms with E-state index in [1.807, 2.05) is 0 Å². The Bertz CT molecular complexity index is 769. The van der Waals surface area contributed by atoms with E-state index in [0.29, 0.717) is 25.7 Å². The summed E-state index contributed by atoms with van der Waals surface area (Å²) in [6.45, 7) is -1.24. The van der Waals surface area contributed by atoms with Gasteiger partial charge in [0.25, 0.3) is 0 Å². The fourth-order valence-electron chi connectivity index (χ4n) is 5.57. The summed E-state index contributed by atoms with van der Waals surface area (Å²) in [5, 5.41) is 38.1. The van der Waals surface area contributed by atoms with Gasteiger partial charge >= 0.3 is 23.9 Å². The number of carboxylic acid groups (broad SMARTS) is 4. The molecule has 13 heteroatoms. The molecular weight excluding hydrogens is 464 g/mol. The highest BCUT2D eigenvalue weighted by atomic mass is 16.4. The highest BCUT2D eigenvalue weighted by Gasteiger charge is 2.50. The zero-order chi connectivity index (χ0) is 26.3. The monoisotopic (exact) mass is 500 g/mol. The SMILES string of the molecule is CN(C)C(=O)C1CCC(C2(N(CC(=O)O)CC(=O)O)CN(CC(=O)O)CCN(CC(=O)O)C2)CC1. The molecule has 0 aromatic rings. The number of rotatable bonds is 11. The second-order valence-corrected chi connectivity index (χ2v) is 9.74. The van der Waals surface area contributed by atoms with Crippen molar-refractivity contribution in [1.82, 2.24) is 19.6 Å². The lowest BCUT2D eigenvalue weighted by molar-refractivity contribution is -0.150. The number of amides is 1. The molecule has 1 saturated carbocycles.